The summed E-state index contributed by atoms with van der Waals surface area (Å²) in [6.45, 7) is 0.961. The van der Waals surface area contributed by atoms with E-state index >= 15 is 0 Å². The van der Waals surface area contributed by atoms with Crippen LogP contribution < -0.4 is 16.1 Å². The van der Waals surface area contributed by atoms with E-state index in [0.717, 1.165) is 5.38 Å². The molecule has 3 heterocycles. The Morgan fingerprint density at radius 3 is 2.43 bits per heavy atom. The Balaban J connectivity index is 1.89. The number of phosphoric acid groups is 1. The van der Waals surface area contributed by atoms with Crippen LogP contribution in [0.25, 0.3) is 32.6 Å². The number of hydrogen-bond donors (Lipinski definition) is 4. The van der Waals surface area contributed by atoms with E-state index in [1.165, 1.54) is 38.7 Å². The number of pyridine rings is 2. The number of esters is 1. The van der Waals surface area contributed by atoms with Gasteiger partial charge in [0, 0.05) is 55.1 Å². The van der Waals surface area contributed by atoms with Crippen LogP contribution in [0, 0.1) is 0 Å². The van der Waals surface area contributed by atoms with E-state index < -0.39 is 61.9 Å². The number of anilines is 1. The number of halogens is 3. The number of benzene rings is 1. The van der Waals surface area contributed by atoms with Crippen molar-refractivity contribution in [2.45, 2.75) is 19.1 Å². The maximum atomic E-state index is 13.8. The van der Waals surface area contributed by atoms with Crippen molar-refractivity contribution >= 4 is 47.9 Å². The Morgan fingerprint density at radius 1 is 1.10 bits per heavy atom. The zero-order valence-corrected chi connectivity index (χ0v) is 27.9. The lowest BCUT2D eigenvalue weighted by Crippen LogP contribution is -2.28. The van der Waals surface area contributed by atoms with Crippen molar-refractivity contribution in [3.63, 3.8) is 0 Å². The standard InChI is InChI=1S/C29H31F3N5O10PS/c1-4-33-28(40)36-24-10-18(26-35-23(15-49-26)29(30,31)32)20(11-34-24)16-5-6-22-19(9-16)25(38)21(12-37(22)17(13-44-2)14-45-3)27(39)46-7-8-47-48(41,42)43/h5-6,9-12,15,17H,4,7-8,13-14H2,1-3H3,(H2,41,42,43)(H2,33,34,36,40). The van der Waals surface area contributed by atoms with Crippen molar-refractivity contribution in [1.29, 1.82) is 0 Å². The van der Waals surface area contributed by atoms with E-state index in [0.29, 0.717) is 29.0 Å². The molecule has 0 aliphatic rings. The van der Waals surface area contributed by atoms with Crippen LogP contribution in [0.5, 0.6) is 0 Å². The summed E-state index contributed by atoms with van der Waals surface area (Å²) in [6.07, 6.45) is -2.16. The Morgan fingerprint density at radius 2 is 1.82 bits per heavy atom. The molecule has 0 fully saturated rings. The highest BCUT2D eigenvalue weighted by molar-refractivity contribution is 7.46. The van der Waals surface area contributed by atoms with Gasteiger partial charge in [0.15, 0.2) is 5.69 Å². The number of ether oxygens (including phenoxy) is 3. The van der Waals surface area contributed by atoms with Crippen molar-refractivity contribution in [2.75, 3.05) is 52.5 Å². The van der Waals surface area contributed by atoms with Crippen LogP contribution in [0.15, 0.2) is 46.8 Å². The first-order valence-corrected chi connectivity index (χ1v) is 16.7. The van der Waals surface area contributed by atoms with Crippen LogP contribution in [0.1, 0.15) is 29.0 Å². The average Bonchev–Trinajstić information content (AvgIpc) is 3.54. The molecular weight excluding hydrogens is 698 g/mol. The molecule has 0 atom stereocenters. The van der Waals surface area contributed by atoms with Crippen LogP contribution in [-0.2, 0) is 29.5 Å². The second-order valence-corrected chi connectivity index (χ2v) is 12.3. The van der Waals surface area contributed by atoms with Gasteiger partial charge in [-0.25, -0.2) is 24.1 Å². The van der Waals surface area contributed by atoms with E-state index in [9.17, 15) is 32.1 Å². The molecule has 0 aliphatic heterocycles. The van der Waals surface area contributed by atoms with Crippen LogP contribution in [0.3, 0.4) is 0 Å². The van der Waals surface area contributed by atoms with Gasteiger partial charge in [-0.05, 0) is 30.7 Å². The van der Waals surface area contributed by atoms with E-state index in [4.69, 9.17) is 24.0 Å². The minimum atomic E-state index is -4.83. The molecule has 3 aromatic heterocycles. The number of hydrogen-bond acceptors (Lipinski definition) is 11. The van der Waals surface area contributed by atoms with Gasteiger partial charge < -0.3 is 33.9 Å². The van der Waals surface area contributed by atoms with Gasteiger partial charge in [0.25, 0.3) is 0 Å². The van der Waals surface area contributed by atoms with Gasteiger partial charge in [-0.3, -0.25) is 14.6 Å². The maximum absolute atomic E-state index is 13.8. The van der Waals surface area contributed by atoms with E-state index in [-0.39, 0.29) is 40.6 Å². The Bertz CT molecular complexity index is 1920. The number of aromatic nitrogens is 3. The molecule has 49 heavy (non-hydrogen) atoms. The van der Waals surface area contributed by atoms with Crippen LogP contribution in [-0.4, -0.2) is 83.5 Å². The molecule has 15 nitrogen and oxygen atoms in total. The van der Waals surface area contributed by atoms with Gasteiger partial charge in [0.1, 0.15) is 23.0 Å². The molecule has 0 radical (unpaired) electrons. The average molecular weight is 730 g/mol. The highest BCUT2D eigenvalue weighted by Crippen LogP contribution is 2.39. The minimum absolute atomic E-state index is 0.00113. The van der Waals surface area contributed by atoms with Crippen molar-refractivity contribution < 1.29 is 55.8 Å². The van der Waals surface area contributed by atoms with Crippen LogP contribution >= 0.6 is 19.2 Å². The lowest BCUT2D eigenvalue weighted by Gasteiger charge is -2.23. The fourth-order valence-corrected chi connectivity index (χ4v) is 5.88. The Hall–Kier alpha value is -4.23. The molecule has 2 amide bonds. The fourth-order valence-electron chi connectivity index (χ4n) is 4.71. The topological polar surface area (TPSA) is 200 Å². The quantitative estimate of drug-likeness (QED) is 0.0809. The van der Waals surface area contributed by atoms with Crippen molar-refractivity contribution in [2.24, 2.45) is 0 Å². The zero-order chi connectivity index (χ0) is 35.9. The number of carbonyl (C=O) groups excluding carboxylic acids is 2. The number of rotatable bonds is 14. The lowest BCUT2D eigenvalue weighted by atomic mass is 9.99. The number of fused-ring (bicyclic) bond motifs is 1. The van der Waals surface area contributed by atoms with Crippen molar-refractivity contribution in [1.82, 2.24) is 19.9 Å². The third kappa shape index (κ3) is 9.48. The molecule has 0 bridgehead atoms. The monoisotopic (exact) mass is 729 g/mol. The van der Waals surface area contributed by atoms with E-state index in [1.54, 1.807) is 23.6 Å². The summed E-state index contributed by atoms with van der Waals surface area (Å²) in [5.74, 6) is -1.09. The van der Waals surface area contributed by atoms with Crippen LogP contribution in [0.4, 0.5) is 23.8 Å². The molecule has 0 spiro atoms. The number of amides is 2. The van der Waals surface area contributed by atoms with E-state index in [1.807, 2.05) is 0 Å². The third-order valence-corrected chi connectivity index (χ3v) is 8.15. The largest absolute Gasteiger partial charge is 0.469 e. The highest BCUT2D eigenvalue weighted by atomic mass is 32.1. The molecular formula is C29H31F3N5O10PS. The number of nitrogens with zero attached hydrogens (tertiary/aromatic N) is 3. The molecule has 0 saturated carbocycles. The normalized spacial score (nSPS) is 12.0. The first kappa shape index (κ1) is 37.6. The number of alkyl halides is 3. The number of urea groups is 1. The van der Waals surface area contributed by atoms with Crippen molar-refractivity contribution in [3.05, 3.63) is 63.5 Å². The van der Waals surface area contributed by atoms with Gasteiger partial charge in [0.2, 0.25) is 5.43 Å². The Kier molecular flexibility index (Phi) is 12.3. The SMILES string of the molecule is CCNC(=O)Nc1cc(-c2nc(C(F)(F)F)cs2)c(-c2ccc3c(c2)c(=O)c(C(=O)OCCOP(=O)(O)O)cn3C(COC)COC)cn1. The number of phosphoric ester groups is 1. The molecule has 0 saturated heterocycles. The molecule has 1 aromatic carbocycles. The lowest BCUT2D eigenvalue weighted by molar-refractivity contribution is -0.140. The predicted molar refractivity (Wildman–Crippen MR) is 171 cm³/mol. The number of carbonyl (C=O) groups is 2. The summed E-state index contributed by atoms with van der Waals surface area (Å²) in [5.41, 5.74) is -1.27. The zero-order valence-electron chi connectivity index (χ0n) is 26.1. The van der Waals surface area contributed by atoms with Crippen LogP contribution in [0.2, 0.25) is 0 Å². The van der Waals surface area contributed by atoms with E-state index in [2.05, 4.69) is 25.1 Å². The number of methoxy groups -OCH3 is 2. The molecule has 264 valence electrons. The van der Waals surface area contributed by atoms with Gasteiger partial charge in [-0.1, -0.05) is 6.07 Å². The second kappa shape index (κ2) is 16.0. The highest BCUT2D eigenvalue weighted by Gasteiger charge is 2.34. The van der Waals surface area contributed by atoms with Gasteiger partial charge >= 0.3 is 26.0 Å². The summed E-state index contributed by atoms with van der Waals surface area (Å²) < 4.78 is 73.0. The molecule has 4 rings (SSSR count). The molecule has 0 unspecified atom stereocenters. The van der Waals surface area contributed by atoms with Gasteiger partial charge in [-0.2, -0.15) is 13.2 Å². The fraction of sp³-hybridized carbons (Fsp3) is 0.345. The molecule has 20 heteroatoms. The smallest absolute Gasteiger partial charge is 0.459 e. The first-order chi connectivity index (χ1) is 23.2. The summed E-state index contributed by atoms with van der Waals surface area (Å²) in [7, 11) is -1.94. The molecule has 4 N–H and O–H groups in total. The number of thiazole rings is 1. The predicted octanol–water partition coefficient (Wildman–Crippen LogP) is 4.45. The van der Waals surface area contributed by atoms with Gasteiger partial charge in [-0.15, -0.1) is 11.3 Å². The minimum Gasteiger partial charge on any atom is -0.459 e. The Labute approximate surface area is 280 Å². The molecule has 4 aromatic rings. The maximum Gasteiger partial charge on any atom is 0.469 e. The molecule has 0 aliphatic carbocycles. The summed E-state index contributed by atoms with van der Waals surface area (Å²) in [6, 6.07) is 4.80. The second-order valence-electron chi connectivity index (χ2n) is 10.2. The summed E-state index contributed by atoms with van der Waals surface area (Å²) in [4.78, 5) is 64.8. The third-order valence-electron chi connectivity index (χ3n) is 6.76. The number of nitrogens with one attached hydrogen (secondary N) is 2. The summed E-state index contributed by atoms with van der Waals surface area (Å²) >= 11 is 0.716. The van der Waals surface area contributed by atoms with Crippen molar-refractivity contribution in [3.8, 4) is 21.7 Å². The first-order valence-electron chi connectivity index (χ1n) is 14.3. The van der Waals surface area contributed by atoms with Gasteiger partial charge in [0.05, 0.1) is 31.4 Å². The summed E-state index contributed by atoms with van der Waals surface area (Å²) in [5, 5.41) is 5.85.